The van der Waals surface area contributed by atoms with Crippen molar-refractivity contribution in [3.05, 3.63) is 34.9 Å². The molecule has 0 saturated carbocycles. The third-order valence-electron chi connectivity index (χ3n) is 2.53. The van der Waals surface area contributed by atoms with Crippen molar-refractivity contribution in [2.45, 2.75) is 18.7 Å². The summed E-state index contributed by atoms with van der Waals surface area (Å²) >= 11 is 5.78. The second-order valence-electron chi connectivity index (χ2n) is 3.72. The molecule has 82 valence electrons. The topological polar surface area (TPSA) is 41.5 Å². The highest BCUT2D eigenvalue weighted by atomic mass is 35.5. The third-order valence-corrected chi connectivity index (χ3v) is 2.78. The minimum absolute atomic E-state index is 0.0423. The minimum Gasteiger partial charge on any atom is -0.389 e. The predicted molar refractivity (Wildman–Crippen MR) is 58.9 cm³/mol. The Morgan fingerprint density at radius 3 is 2.67 bits per heavy atom. The van der Waals surface area contributed by atoms with Crippen LogP contribution in [0.5, 0.6) is 0 Å². The highest BCUT2D eigenvalue weighted by Crippen LogP contribution is 2.10. The second kappa shape index (κ2) is 4.94. The van der Waals surface area contributed by atoms with Crippen molar-refractivity contribution in [1.29, 1.82) is 0 Å². The lowest BCUT2D eigenvalue weighted by atomic mass is 10.2. The van der Waals surface area contributed by atoms with E-state index < -0.39 is 6.10 Å². The molecule has 1 heterocycles. The Hall–Kier alpha value is -0.610. The molecule has 2 atom stereocenters. The van der Waals surface area contributed by atoms with Crippen molar-refractivity contribution < 1.29 is 9.84 Å². The van der Waals surface area contributed by atoms with E-state index in [1.165, 1.54) is 0 Å². The molecule has 1 fully saturated rings. The molecule has 2 N–H and O–H groups in total. The maximum atomic E-state index is 9.50. The van der Waals surface area contributed by atoms with E-state index in [9.17, 15) is 5.11 Å². The standard InChI is InChI=1S/C11H14ClNO2/c12-9-3-1-8(2-4-9)5-13-10-6-15-7-11(10)14/h1-4,10-11,13-14H,5-7H2/t10-,11-/m1/s1. The molecule has 2 rings (SSSR count). The summed E-state index contributed by atoms with van der Waals surface area (Å²) in [6, 6.07) is 7.70. The largest absolute Gasteiger partial charge is 0.389 e. The zero-order valence-electron chi connectivity index (χ0n) is 8.32. The third kappa shape index (κ3) is 2.92. The molecule has 0 radical (unpaired) electrons. The molecule has 0 amide bonds. The number of nitrogens with one attached hydrogen (secondary N) is 1. The maximum Gasteiger partial charge on any atom is 0.0948 e. The van der Waals surface area contributed by atoms with Crippen molar-refractivity contribution >= 4 is 11.6 Å². The van der Waals surface area contributed by atoms with Gasteiger partial charge in [-0.1, -0.05) is 23.7 Å². The molecule has 15 heavy (non-hydrogen) atoms. The summed E-state index contributed by atoms with van der Waals surface area (Å²) < 4.78 is 5.14. The Balaban J connectivity index is 1.85. The highest BCUT2D eigenvalue weighted by Gasteiger charge is 2.25. The lowest BCUT2D eigenvalue weighted by molar-refractivity contribution is 0.122. The summed E-state index contributed by atoms with van der Waals surface area (Å²) in [5.41, 5.74) is 1.15. The first-order valence-corrected chi connectivity index (χ1v) is 5.37. The molecule has 1 aromatic rings. The first kappa shape index (κ1) is 10.9. The van der Waals surface area contributed by atoms with E-state index in [4.69, 9.17) is 16.3 Å². The van der Waals surface area contributed by atoms with E-state index >= 15 is 0 Å². The number of hydrogen-bond acceptors (Lipinski definition) is 3. The van der Waals surface area contributed by atoms with Crippen LogP contribution in [-0.2, 0) is 11.3 Å². The number of aliphatic hydroxyl groups is 1. The summed E-state index contributed by atoms with van der Waals surface area (Å²) in [6.45, 7) is 1.73. The quantitative estimate of drug-likeness (QED) is 0.815. The molecule has 1 aliphatic heterocycles. The number of halogens is 1. The number of benzene rings is 1. The minimum atomic E-state index is -0.391. The van der Waals surface area contributed by atoms with Gasteiger partial charge in [0.25, 0.3) is 0 Å². The van der Waals surface area contributed by atoms with E-state index in [0.29, 0.717) is 13.2 Å². The average molecular weight is 228 g/mol. The van der Waals surface area contributed by atoms with Crippen LogP contribution in [0.1, 0.15) is 5.56 Å². The molecule has 1 aliphatic rings. The molecule has 0 aliphatic carbocycles. The van der Waals surface area contributed by atoms with Crippen LogP contribution >= 0.6 is 11.6 Å². The van der Waals surface area contributed by atoms with E-state index in [1.54, 1.807) is 0 Å². The van der Waals surface area contributed by atoms with Crippen molar-refractivity contribution in [2.24, 2.45) is 0 Å². The first-order valence-electron chi connectivity index (χ1n) is 4.99. The van der Waals surface area contributed by atoms with Crippen LogP contribution < -0.4 is 5.32 Å². The van der Waals surface area contributed by atoms with Crippen molar-refractivity contribution in [2.75, 3.05) is 13.2 Å². The van der Waals surface area contributed by atoms with E-state index in [2.05, 4.69) is 5.32 Å². The molecule has 0 unspecified atom stereocenters. The molecular formula is C11H14ClNO2. The van der Waals surface area contributed by atoms with Crippen LogP contribution in [0.3, 0.4) is 0 Å². The maximum absolute atomic E-state index is 9.50. The van der Waals surface area contributed by atoms with Crippen LogP contribution in [0.15, 0.2) is 24.3 Å². The number of ether oxygens (including phenoxy) is 1. The fourth-order valence-electron chi connectivity index (χ4n) is 1.59. The van der Waals surface area contributed by atoms with Crippen LogP contribution in [0.25, 0.3) is 0 Å². The lowest BCUT2D eigenvalue weighted by Crippen LogP contribution is -2.38. The lowest BCUT2D eigenvalue weighted by Gasteiger charge is -2.14. The fraction of sp³-hybridized carbons (Fsp3) is 0.455. The van der Waals surface area contributed by atoms with Gasteiger partial charge in [-0.25, -0.2) is 0 Å². The van der Waals surface area contributed by atoms with E-state index in [0.717, 1.165) is 17.1 Å². The SMILES string of the molecule is O[C@@H]1COC[C@H]1NCc1ccc(Cl)cc1. The van der Waals surface area contributed by atoms with Crippen LogP contribution in [0.2, 0.25) is 5.02 Å². The van der Waals surface area contributed by atoms with Gasteiger partial charge in [-0.2, -0.15) is 0 Å². The van der Waals surface area contributed by atoms with E-state index in [-0.39, 0.29) is 6.04 Å². The van der Waals surface area contributed by atoms with Gasteiger partial charge in [0, 0.05) is 11.6 Å². The smallest absolute Gasteiger partial charge is 0.0948 e. The van der Waals surface area contributed by atoms with Crippen molar-refractivity contribution in [1.82, 2.24) is 5.32 Å². The summed E-state index contributed by atoms with van der Waals surface area (Å²) in [6.07, 6.45) is -0.391. The zero-order valence-corrected chi connectivity index (χ0v) is 9.07. The van der Waals surface area contributed by atoms with Gasteiger partial charge >= 0.3 is 0 Å². The van der Waals surface area contributed by atoms with Gasteiger partial charge in [-0.05, 0) is 17.7 Å². The van der Waals surface area contributed by atoms with Gasteiger partial charge in [0.15, 0.2) is 0 Å². The van der Waals surface area contributed by atoms with Crippen LogP contribution in [0, 0.1) is 0 Å². The Morgan fingerprint density at radius 1 is 1.33 bits per heavy atom. The van der Waals surface area contributed by atoms with E-state index in [1.807, 2.05) is 24.3 Å². The molecule has 0 bridgehead atoms. The molecule has 1 aromatic carbocycles. The monoisotopic (exact) mass is 227 g/mol. The first-order chi connectivity index (χ1) is 7.25. The van der Waals surface area contributed by atoms with Crippen LogP contribution in [0.4, 0.5) is 0 Å². The van der Waals surface area contributed by atoms with Gasteiger partial charge in [-0.3, -0.25) is 0 Å². The Morgan fingerprint density at radius 2 is 2.07 bits per heavy atom. The normalized spacial score (nSPS) is 25.7. The molecule has 3 nitrogen and oxygen atoms in total. The fourth-order valence-corrected chi connectivity index (χ4v) is 1.72. The number of aliphatic hydroxyl groups excluding tert-OH is 1. The van der Waals surface area contributed by atoms with Crippen molar-refractivity contribution in [3.8, 4) is 0 Å². The molecule has 4 heteroatoms. The molecule has 0 aromatic heterocycles. The predicted octanol–water partition coefficient (Wildman–Crippen LogP) is 1.19. The number of hydrogen-bond donors (Lipinski definition) is 2. The van der Waals surface area contributed by atoms with Gasteiger partial charge < -0.3 is 15.2 Å². The summed E-state index contributed by atoms with van der Waals surface area (Å²) in [5, 5.41) is 13.5. The molecule has 0 spiro atoms. The molecule has 1 saturated heterocycles. The Kier molecular flexibility index (Phi) is 3.59. The highest BCUT2D eigenvalue weighted by molar-refractivity contribution is 6.30. The van der Waals surface area contributed by atoms with Crippen LogP contribution in [-0.4, -0.2) is 30.5 Å². The number of rotatable bonds is 3. The van der Waals surface area contributed by atoms with Crippen molar-refractivity contribution in [3.63, 3.8) is 0 Å². The summed E-state index contributed by atoms with van der Waals surface area (Å²) in [7, 11) is 0. The second-order valence-corrected chi connectivity index (χ2v) is 4.16. The van der Waals surface area contributed by atoms with Gasteiger partial charge in [0.2, 0.25) is 0 Å². The Bertz CT molecular complexity index is 315. The summed E-state index contributed by atoms with van der Waals surface area (Å²) in [4.78, 5) is 0. The van der Waals surface area contributed by atoms with Gasteiger partial charge in [0.1, 0.15) is 0 Å². The summed E-state index contributed by atoms with van der Waals surface area (Å²) in [5.74, 6) is 0. The molecular weight excluding hydrogens is 214 g/mol. The zero-order chi connectivity index (χ0) is 10.7. The Labute approximate surface area is 94.0 Å². The van der Waals surface area contributed by atoms with Gasteiger partial charge in [-0.15, -0.1) is 0 Å². The average Bonchev–Trinajstić information content (AvgIpc) is 2.63. The van der Waals surface area contributed by atoms with Gasteiger partial charge in [0.05, 0.1) is 25.4 Å².